The monoisotopic (exact) mass is 271 g/mol. The molecule has 0 fully saturated rings. The van der Waals surface area contributed by atoms with Crippen molar-refractivity contribution in [3.05, 3.63) is 47.3 Å². The Labute approximate surface area is 116 Å². The van der Waals surface area contributed by atoms with Gasteiger partial charge in [0.15, 0.2) is 0 Å². The highest BCUT2D eigenvalue weighted by molar-refractivity contribution is 5.38. The maximum Gasteiger partial charge on any atom is 0.241 e. The topological polar surface area (TPSA) is 88.3 Å². The van der Waals surface area contributed by atoms with Crippen molar-refractivity contribution in [3.8, 4) is 17.8 Å². The molecule has 1 unspecified atom stereocenters. The molecule has 0 aliphatic heterocycles. The standard InChI is InChI=1S/C14H13N3O3/c1-19-11-8-16-12(14(17-11)20-2)13(18)10-5-3-4-9(6-10)7-15/h3-6,8,13,18H,1-2H3. The summed E-state index contributed by atoms with van der Waals surface area (Å²) in [6, 6.07) is 8.68. The van der Waals surface area contributed by atoms with Gasteiger partial charge in [-0.1, -0.05) is 12.1 Å². The quantitative estimate of drug-likeness (QED) is 0.905. The molecule has 0 saturated carbocycles. The van der Waals surface area contributed by atoms with Crippen LogP contribution in [0.4, 0.5) is 0 Å². The fraction of sp³-hybridized carbons (Fsp3) is 0.214. The van der Waals surface area contributed by atoms with Gasteiger partial charge in [-0.25, -0.2) is 4.98 Å². The van der Waals surface area contributed by atoms with Crippen LogP contribution in [0.25, 0.3) is 0 Å². The molecular weight excluding hydrogens is 258 g/mol. The van der Waals surface area contributed by atoms with Gasteiger partial charge in [0.1, 0.15) is 11.8 Å². The van der Waals surface area contributed by atoms with E-state index in [0.29, 0.717) is 17.0 Å². The normalized spacial score (nSPS) is 11.5. The number of hydrogen-bond donors (Lipinski definition) is 1. The zero-order valence-electron chi connectivity index (χ0n) is 11.1. The average molecular weight is 271 g/mol. The molecular formula is C14H13N3O3. The zero-order valence-corrected chi connectivity index (χ0v) is 11.1. The van der Waals surface area contributed by atoms with Crippen LogP contribution in [0.15, 0.2) is 30.5 Å². The van der Waals surface area contributed by atoms with Crippen LogP contribution in [0.2, 0.25) is 0 Å². The van der Waals surface area contributed by atoms with Crippen molar-refractivity contribution in [1.29, 1.82) is 5.26 Å². The summed E-state index contributed by atoms with van der Waals surface area (Å²) < 4.78 is 10.1. The van der Waals surface area contributed by atoms with E-state index in [9.17, 15) is 5.11 Å². The summed E-state index contributed by atoms with van der Waals surface area (Å²) in [7, 11) is 2.90. The summed E-state index contributed by atoms with van der Waals surface area (Å²) in [4.78, 5) is 8.17. The third kappa shape index (κ3) is 2.68. The molecule has 1 heterocycles. The van der Waals surface area contributed by atoms with Gasteiger partial charge in [-0.2, -0.15) is 10.2 Å². The van der Waals surface area contributed by atoms with E-state index >= 15 is 0 Å². The van der Waals surface area contributed by atoms with Crippen molar-refractivity contribution in [2.75, 3.05) is 14.2 Å². The predicted octanol–water partition coefficient (Wildman–Crippen LogP) is 1.45. The molecule has 2 rings (SSSR count). The predicted molar refractivity (Wildman–Crippen MR) is 70.4 cm³/mol. The molecule has 1 N–H and O–H groups in total. The first kappa shape index (κ1) is 13.8. The van der Waals surface area contributed by atoms with Crippen LogP contribution in [0, 0.1) is 11.3 Å². The van der Waals surface area contributed by atoms with Crippen molar-refractivity contribution in [2.24, 2.45) is 0 Å². The third-order valence-electron chi connectivity index (χ3n) is 2.74. The molecule has 0 aliphatic rings. The molecule has 2 aromatic rings. The number of methoxy groups -OCH3 is 2. The van der Waals surface area contributed by atoms with Crippen LogP contribution in [0.5, 0.6) is 11.8 Å². The van der Waals surface area contributed by atoms with Gasteiger partial charge in [-0.05, 0) is 17.7 Å². The Morgan fingerprint density at radius 3 is 2.75 bits per heavy atom. The Morgan fingerprint density at radius 2 is 2.10 bits per heavy atom. The van der Waals surface area contributed by atoms with Gasteiger partial charge in [-0.15, -0.1) is 0 Å². The summed E-state index contributed by atoms with van der Waals surface area (Å²) in [6.07, 6.45) is 0.367. The lowest BCUT2D eigenvalue weighted by molar-refractivity contribution is 0.206. The molecule has 0 aliphatic carbocycles. The van der Waals surface area contributed by atoms with E-state index in [2.05, 4.69) is 9.97 Å². The van der Waals surface area contributed by atoms with Gasteiger partial charge in [0.25, 0.3) is 0 Å². The minimum Gasteiger partial charge on any atom is -0.480 e. The van der Waals surface area contributed by atoms with Crippen LogP contribution in [0.3, 0.4) is 0 Å². The molecule has 1 aromatic carbocycles. The van der Waals surface area contributed by atoms with Gasteiger partial charge < -0.3 is 14.6 Å². The van der Waals surface area contributed by atoms with Crippen molar-refractivity contribution >= 4 is 0 Å². The van der Waals surface area contributed by atoms with Crippen LogP contribution >= 0.6 is 0 Å². The number of ether oxygens (including phenoxy) is 2. The first-order valence-electron chi connectivity index (χ1n) is 5.82. The molecule has 0 bridgehead atoms. The van der Waals surface area contributed by atoms with E-state index in [1.54, 1.807) is 24.3 Å². The number of benzene rings is 1. The number of rotatable bonds is 4. The van der Waals surface area contributed by atoms with Gasteiger partial charge in [0, 0.05) is 0 Å². The Bertz CT molecular complexity index is 652. The van der Waals surface area contributed by atoms with Crippen LogP contribution in [0.1, 0.15) is 22.9 Å². The van der Waals surface area contributed by atoms with E-state index in [0.717, 1.165) is 0 Å². The van der Waals surface area contributed by atoms with Crippen LogP contribution < -0.4 is 9.47 Å². The average Bonchev–Trinajstić information content (AvgIpc) is 2.53. The van der Waals surface area contributed by atoms with E-state index < -0.39 is 6.10 Å². The molecule has 6 heteroatoms. The van der Waals surface area contributed by atoms with E-state index in [4.69, 9.17) is 14.7 Å². The fourth-order valence-corrected chi connectivity index (χ4v) is 1.74. The van der Waals surface area contributed by atoms with E-state index in [1.165, 1.54) is 20.4 Å². The second kappa shape index (κ2) is 5.99. The molecule has 102 valence electrons. The lowest BCUT2D eigenvalue weighted by Crippen LogP contribution is -2.07. The molecule has 1 aromatic heterocycles. The third-order valence-corrected chi connectivity index (χ3v) is 2.74. The largest absolute Gasteiger partial charge is 0.480 e. The molecule has 20 heavy (non-hydrogen) atoms. The first-order chi connectivity index (χ1) is 9.69. The lowest BCUT2D eigenvalue weighted by Gasteiger charge is -2.14. The highest BCUT2D eigenvalue weighted by Gasteiger charge is 2.19. The summed E-state index contributed by atoms with van der Waals surface area (Å²) in [6.45, 7) is 0. The Hall–Kier alpha value is -2.65. The van der Waals surface area contributed by atoms with Crippen molar-refractivity contribution in [3.63, 3.8) is 0 Å². The van der Waals surface area contributed by atoms with Gasteiger partial charge in [0.05, 0.1) is 32.0 Å². The molecule has 0 spiro atoms. The Morgan fingerprint density at radius 1 is 1.30 bits per heavy atom. The zero-order chi connectivity index (χ0) is 14.5. The second-order valence-electron chi connectivity index (χ2n) is 3.95. The maximum atomic E-state index is 10.4. The number of aliphatic hydroxyl groups is 1. The first-order valence-corrected chi connectivity index (χ1v) is 5.82. The minimum absolute atomic E-state index is 0.180. The van der Waals surface area contributed by atoms with E-state index in [-0.39, 0.29) is 11.6 Å². The van der Waals surface area contributed by atoms with E-state index in [1.807, 2.05) is 6.07 Å². The molecule has 1 atom stereocenters. The summed E-state index contributed by atoms with van der Waals surface area (Å²) in [5.41, 5.74) is 1.27. The number of nitriles is 1. The molecule has 0 radical (unpaired) electrons. The molecule has 0 saturated heterocycles. The summed E-state index contributed by atoms with van der Waals surface area (Å²) in [5.74, 6) is 0.475. The molecule has 6 nitrogen and oxygen atoms in total. The highest BCUT2D eigenvalue weighted by Crippen LogP contribution is 2.28. The van der Waals surface area contributed by atoms with Crippen LogP contribution in [-0.4, -0.2) is 29.3 Å². The molecule has 0 amide bonds. The maximum absolute atomic E-state index is 10.4. The number of nitrogens with zero attached hydrogens (tertiary/aromatic N) is 3. The number of hydrogen-bond acceptors (Lipinski definition) is 6. The second-order valence-corrected chi connectivity index (χ2v) is 3.95. The Balaban J connectivity index is 2.42. The van der Waals surface area contributed by atoms with Crippen molar-refractivity contribution in [1.82, 2.24) is 9.97 Å². The summed E-state index contributed by atoms with van der Waals surface area (Å²) in [5, 5.41) is 19.2. The highest BCUT2D eigenvalue weighted by atomic mass is 16.5. The van der Waals surface area contributed by atoms with Crippen molar-refractivity contribution in [2.45, 2.75) is 6.10 Å². The fourth-order valence-electron chi connectivity index (χ4n) is 1.74. The van der Waals surface area contributed by atoms with Gasteiger partial charge in [-0.3, -0.25) is 0 Å². The summed E-state index contributed by atoms with van der Waals surface area (Å²) >= 11 is 0. The minimum atomic E-state index is -1.03. The Kier molecular flexibility index (Phi) is 4.13. The SMILES string of the molecule is COc1cnc(C(O)c2cccc(C#N)c2)c(OC)n1. The lowest BCUT2D eigenvalue weighted by atomic mass is 10.0. The van der Waals surface area contributed by atoms with Crippen molar-refractivity contribution < 1.29 is 14.6 Å². The number of aliphatic hydroxyl groups excluding tert-OH is 1. The smallest absolute Gasteiger partial charge is 0.241 e. The number of aromatic nitrogens is 2. The van der Waals surface area contributed by atoms with Crippen LogP contribution in [-0.2, 0) is 0 Å². The van der Waals surface area contributed by atoms with Gasteiger partial charge >= 0.3 is 0 Å². The van der Waals surface area contributed by atoms with Gasteiger partial charge in [0.2, 0.25) is 11.8 Å².